The summed E-state index contributed by atoms with van der Waals surface area (Å²) in [5.74, 6) is 4.48. The Labute approximate surface area is 121 Å². The maximum Gasteiger partial charge on any atom is 0.258 e. The van der Waals surface area contributed by atoms with E-state index in [0.29, 0.717) is 5.82 Å². The van der Waals surface area contributed by atoms with Gasteiger partial charge in [-0.25, -0.2) is 9.37 Å². The van der Waals surface area contributed by atoms with Crippen LogP contribution in [0.3, 0.4) is 0 Å². The number of carbonyl (C=O) groups is 1. The Bertz CT molecular complexity index is 733. The molecule has 1 amide bonds. The molecule has 2 rings (SSSR count). The van der Waals surface area contributed by atoms with Crippen LogP contribution in [0, 0.1) is 24.6 Å². The molecule has 4 nitrogen and oxygen atoms in total. The fourth-order valence-corrected chi connectivity index (χ4v) is 1.74. The first-order valence-corrected chi connectivity index (χ1v) is 6.24. The number of aliphatic hydroxyl groups excluding tert-OH is 1. The third kappa shape index (κ3) is 3.65. The van der Waals surface area contributed by atoms with Crippen molar-refractivity contribution < 1.29 is 14.3 Å². The molecule has 0 aliphatic rings. The molecule has 21 heavy (non-hydrogen) atoms. The number of hydrogen-bond acceptors (Lipinski definition) is 3. The molecule has 1 aromatic carbocycles. The van der Waals surface area contributed by atoms with Crippen LogP contribution >= 0.6 is 0 Å². The normalized spacial score (nSPS) is 9.67. The van der Waals surface area contributed by atoms with Gasteiger partial charge in [-0.2, -0.15) is 0 Å². The third-order valence-corrected chi connectivity index (χ3v) is 2.77. The van der Waals surface area contributed by atoms with Crippen molar-refractivity contribution in [1.29, 1.82) is 0 Å². The smallest absolute Gasteiger partial charge is 0.258 e. The number of anilines is 1. The van der Waals surface area contributed by atoms with Crippen LogP contribution in [0.2, 0.25) is 0 Å². The maximum atomic E-state index is 13.3. The van der Waals surface area contributed by atoms with E-state index in [9.17, 15) is 9.18 Å². The predicted molar refractivity (Wildman–Crippen MR) is 77.3 cm³/mol. The van der Waals surface area contributed by atoms with Gasteiger partial charge in [0.25, 0.3) is 5.91 Å². The molecule has 0 atom stereocenters. The summed E-state index contributed by atoms with van der Waals surface area (Å²) in [7, 11) is 0. The molecule has 106 valence electrons. The molecule has 0 aliphatic heterocycles. The van der Waals surface area contributed by atoms with E-state index in [1.165, 1.54) is 12.1 Å². The van der Waals surface area contributed by atoms with E-state index in [2.05, 4.69) is 22.1 Å². The molecule has 1 aromatic heterocycles. The van der Waals surface area contributed by atoms with Crippen molar-refractivity contribution in [3.05, 3.63) is 59.0 Å². The zero-order valence-electron chi connectivity index (χ0n) is 11.4. The summed E-state index contributed by atoms with van der Waals surface area (Å²) >= 11 is 0. The summed E-state index contributed by atoms with van der Waals surface area (Å²) in [6, 6.07) is 7.28. The van der Waals surface area contributed by atoms with Crippen LogP contribution < -0.4 is 5.32 Å². The van der Waals surface area contributed by atoms with Crippen LogP contribution in [-0.2, 0) is 0 Å². The minimum Gasteiger partial charge on any atom is -0.384 e. The Morgan fingerprint density at radius 3 is 2.95 bits per heavy atom. The van der Waals surface area contributed by atoms with E-state index in [1.807, 2.05) is 13.0 Å². The fourth-order valence-electron chi connectivity index (χ4n) is 1.74. The largest absolute Gasteiger partial charge is 0.384 e. The topological polar surface area (TPSA) is 62.2 Å². The molecule has 0 aliphatic carbocycles. The zero-order valence-corrected chi connectivity index (χ0v) is 11.4. The van der Waals surface area contributed by atoms with Gasteiger partial charge in [0.15, 0.2) is 0 Å². The maximum absolute atomic E-state index is 13.3. The van der Waals surface area contributed by atoms with Crippen molar-refractivity contribution in [1.82, 2.24) is 4.98 Å². The molecule has 5 heteroatoms. The van der Waals surface area contributed by atoms with Gasteiger partial charge in [0, 0.05) is 11.8 Å². The Morgan fingerprint density at radius 2 is 2.24 bits per heavy atom. The molecule has 0 saturated heterocycles. The number of benzene rings is 1. The van der Waals surface area contributed by atoms with Crippen molar-refractivity contribution in [2.24, 2.45) is 0 Å². The van der Waals surface area contributed by atoms with Crippen LogP contribution in [-0.4, -0.2) is 22.6 Å². The van der Waals surface area contributed by atoms with E-state index in [4.69, 9.17) is 5.11 Å². The number of nitrogens with zero attached hydrogens (tertiary/aromatic N) is 1. The van der Waals surface area contributed by atoms with Gasteiger partial charge < -0.3 is 10.4 Å². The Morgan fingerprint density at radius 1 is 1.43 bits per heavy atom. The highest BCUT2D eigenvalue weighted by molar-refractivity contribution is 6.05. The van der Waals surface area contributed by atoms with Gasteiger partial charge in [-0.05, 0) is 36.8 Å². The molecular weight excluding hydrogens is 271 g/mol. The number of carbonyl (C=O) groups excluding carboxylic acids is 1. The van der Waals surface area contributed by atoms with Gasteiger partial charge in [-0.3, -0.25) is 4.79 Å². The molecule has 2 aromatic rings. The quantitative estimate of drug-likeness (QED) is 0.830. The van der Waals surface area contributed by atoms with Crippen LogP contribution in [0.4, 0.5) is 10.2 Å². The average Bonchev–Trinajstić information content (AvgIpc) is 2.47. The van der Waals surface area contributed by atoms with Gasteiger partial charge in [0.2, 0.25) is 0 Å². The summed E-state index contributed by atoms with van der Waals surface area (Å²) in [6.45, 7) is 1.46. The molecule has 0 radical (unpaired) electrons. The standard InChI is InChI=1S/C16H13FN2O2/c1-11-4-2-8-18-15(11)19-16(21)14-7-6-13(17)10-12(14)5-3-9-20/h2,4,6-8,10,20H,9H2,1H3,(H,18,19,21). The first-order valence-electron chi connectivity index (χ1n) is 6.24. The number of aryl methyl sites for hydroxylation is 1. The van der Waals surface area contributed by atoms with Crippen LogP contribution in [0.25, 0.3) is 0 Å². The minimum absolute atomic E-state index is 0.218. The van der Waals surface area contributed by atoms with Crippen molar-refractivity contribution in [3.63, 3.8) is 0 Å². The Balaban J connectivity index is 2.33. The van der Waals surface area contributed by atoms with Crippen LogP contribution in [0.5, 0.6) is 0 Å². The first-order chi connectivity index (χ1) is 10.1. The molecule has 2 N–H and O–H groups in total. The first kappa shape index (κ1) is 14.7. The van der Waals surface area contributed by atoms with Crippen molar-refractivity contribution >= 4 is 11.7 Å². The molecule has 0 spiro atoms. The number of aliphatic hydroxyl groups is 1. The highest BCUT2D eigenvalue weighted by Gasteiger charge is 2.13. The Kier molecular flexibility index (Phi) is 4.64. The fraction of sp³-hybridized carbons (Fsp3) is 0.125. The number of nitrogens with one attached hydrogen (secondary N) is 1. The number of hydrogen-bond donors (Lipinski definition) is 2. The molecule has 0 saturated carbocycles. The highest BCUT2D eigenvalue weighted by atomic mass is 19.1. The van der Waals surface area contributed by atoms with Gasteiger partial charge in [-0.15, -0.1) is 0 Å². The number of rotatable bonds is 2. The lowest BCUT2D eigenvalue weighted by Gasteiger charge is -2.08. The van der Waals surface area contributed by atoms with E-state index >= 15 is 0 Å². The van der Waals surface area contributed by atoms with E-state index in [-0.39, 0.29) is 17.7 Å². The second kappa shape index (κ2) is 6.64. The third-order valence-electron chi connectivity index (χ3n) is 2.77. The molecule has 0 fully saturated rings. The minimum atomic E-state index is -0.497. The second-order valence-electron chi connectivity index (χ2n) is 4.27. The monoisotopic (exact) mass is 284 g/mol. The van der Waals surface area contributed by atoms with E-state index in [1.54, 1.807) is 12.3 Å². The lowest BCUT2D eigenvalue weighted by atomic mass is 10.1. The van der Waals surface area contributed by atoms with Gasteiger partial charge in [-0.1, -0.05) is 17.9 Å². The van der Waals surface area contributed by atoms with Gasteiger partial charge >= 0.3 is 0 Å². The number of pyridine rings is 1. The molecule has 0 unspecified atom stereocenters. The molecular formula is C16H13FN2O2. The number of halogens is 1. The number of amides is 1. The lowest BCUT2D eigenvalue weighted by molar-refractivity contribution is 0.102. The van der Waals surface area contributed by atoms with E-state index < -0.39 is 11.7 Å². The lowest BCUT2D eigenvalue weighted by Crippen LogP contribution is -2.15. The van der Waals surface area contributed by atoms with Crippen LogP contribution in [0.1, 0.15) is 21.5 Å². The van der Waals surface area contributed by atoms with Gasteiger partial charge in [0.1, 0.15) is 18.2 Å². The molecule has 1 heterocycles. The van der Waals surface area contributed by atoms with E-state index in [0.717, 1.165) is 11.6 Å². The van der Waals surface area contributed by atoms with Crippen molar-refractivity contribution in [3.8, 4) is 11.8 Å². The summed E-state index contributed by atoms with van der Waals surface area (Å²) in [5.41, 5.74) is 1.26. The molecule has 0 bridgehead atoms. The number of aromatic nitrogens is 1. The second-order valence-corrected chi connectivity index (χ2v) is 4.27. The Hall–Kier alpha value is -2.71. The summed E-state index contributed by atoms with van der Waals surface area (Å²) < 4.78 is 13.3. The van der Waals surface area contributed by atoms with Crippen molar-refractivity contribution in [2.75, 3.05) is 11.9 Å². The SMILES string of the molecule is Cc1cccnc1NC(=O)c1ccc(F)cc1C#CCO. The zero-order chi connectivity index (χ0) is 15.2. The highest BCUT2D eigenvalue weighted by Crippen LogP contribution is 2.15. The van der Waals surface area contributed by atoms with Crippen LogP contribution in [0.15, 0.2) is 36.5 Å². The van der Waals surface area contributed by atoms with Crippen molar-refractivity contribution in [2.45, 2.75) is 6.92 Å². The summed E-state index contributed by atoms with van der Waals surface area (Å²) in [5, 5.41) is 11.4. The average molecular weight is 284 g/mol. The summed E-state index contributed by atoms with van der Waals surface area (Å²) in [6.07, 6.45) is 1.57. The predicted octanol–water partition coefficient (Wildman–Crippen LogP) is 2.13. The van der Waals surface area contributed by atoms with Gasteiger partial charge in [0.05, 0.1) is 5.56 Å². The summed E-state index contributed by atoms with van der Waals surface area (Å²) in [4.78, 5) is 16.3.